The van der Waals surface area contributed by atoms with Crippen LogP contribution < -0.4 is 14.0 Å². The molecule has 0 aliphatic rings. The van der Waals surface area contributed by atoms with E-state index in [0.29, 0.717) is 0 Å². The summed E-state index contributed by atoms with van der Waals surface area (Å²) in [6, 6.07) is 33.3. The molecule has 7 aromatic rings. The fourth-order valence-corrected chi connectivity index (χ4v) is 6.29. The zero-order valence-electron chi connectivity index (χ0n) is 28.5. The van der Waals surface area contributed by atoms with Gasteiger partial charge in [0.25, 0.3) is 0 Å². The monoisotopic (exact) mass is 636 g/mol. The summed E-state index contributed by atoms with van der Waals surface area (Å²) >= 11 is 0. The van der Waals surface area contributed by atoms with Gasteiger partial charge in [0.05, 0.1) is 15.6 Å². The first kappa shape index (κ1) is 30.9. The molecule has 0 radical (unpaired) electrons. The van der Waals surface area contributed by atoms with Crippen molar-refractivity contribution >= 4 is 0 Å². The maximum absolute atomic E-state index is 4.57. The van der Waals surface area contributed by atoms with Crippen molar-refractivity contribution in [2.45, 2.75) is 40.4 Å². The molecule has 0 amide bonds. The van der Waals surface area contributed by atoms with Crippen LogP contribution in [0.4, 0.5) is 0 Å². The van der Waals surface area contributed by atoms with E-state index in [9.17, 15) is 0 Å². The smallest absolute Gasteiger partial charge is 0.137 e. The molecule has 3 aromatic heterocycles. The highest BCUT2D eigenvalue weighted by Gasteiger charge is 2.17. The predicted molar refractivity (Wildman–Crippen MR) is 187 cm³/mol. The molecule has 0 N–H and O–H groups in total. The minimum absolute atomic E-state index is 0.838. The van der Waals surface area contributed by atoms with Crippen LogP contribution in [0.25, 0.3) is 67.2 Å². The number of hydrogen-bond acceptors (Lipinski definition) is 3. The van der Waals surface area contributed by atoms with Gasteiger partial charge in [-0.15, -0.1) is 28.1 Å². The predicted octanol–water partition coefficient (Wildman–Crippen LogP) is 5.81. The van der Waals surface area contributed by atoms with Gasteiger partial charge in [0.15, 0.2) is 35.7 Å². The molecule has 0 aliphatic carbocycles. The summed E-state index contributed by atoms with van der Waals surface area (Å²) in [6.07, 6.45) is 6.30. The van der Waals surface area contributed by atoms with Crippen LogP contribution in [-0.4, -0.2) is 29.7 Å². The van der Waals surface area contributed by atoms with E-state index in [1.807, 2.05) is 49.2 Å². The second-order valence-electron chi connectivity index (χ2n) is 12.2. The molecular weight excluding hydrogens is 594 g/mol. The minimum atomic E-state index is 0.838. The second kappa shape index (κ2) is 12.8. The van der Waals surface area contributed by atoms with E-state index in [-0.39, 0.29) is 0 Å². The Balaban J connectivity index is 1.28. The summed E-state index contributed by atoms with van der Waals surface area (Å²) < 4.78 is 11.7. The summed E-state index contributed by atoms with van der Waals surface area (Å²) in [4.78, 5) is 0. The highest BCUT2D eigenvalue weighted by Crippen LogP contribution is 2.35. The molecule has 9 heteroatoms. The third-order valence-electron chi connectivity index (χ3n) is 9.05. The molecule has 0 saturated carbocycles. The Morgan fingerprint density at radius 3 is 0.812 bits per heavy atom. The summed E-state index contributed by atoms with van der Waals surface area (Å²) in [5.41, 5.74) is 13.7. The largest absolute Gasteiger partial charge is 0.197 e. The van der Waals surface area contributed by atoms with E-state index < -0.39 is 0 Å². The standard InChI is InChI=1S/C39H42N9/c1-7-46-25-37(43(4)40-46)31-16-10-28(11-17-31)34-22-35(29-12-18-32(19-13-29)38-26-47(8-2)41-44(38)5)24-36(23-34)30-14-20-33(21-15-30)39-27-48(9-3)42-45(39)6/h10-27H,7-9H2,1-6H3/q+3. The fourth-order valence-electron chi connectivity index (χ4n) is 6.29. The fraction of sp³-hybridized carbons (Fsp3) is 0.231. The molecule has 48 heavy (non-hydrogen) atoms. The zero-order valence-corrected chi connectivity index (χ0v) is 28.5. The van der Waals surface area contributed by atoms with Gasteiger partial charge in [0.2, 0.25) is 0 Å². The summed E-state index contributed by atoms with van der Waals surface area (Å²) in [6.45, 7) is 8.82. The number of aryl methyl sites for hydroxylation is 6. The Labute approximate surface area is 281 Å². The van der Waals surface area contributed by atoms with Gasteiger partial charge < -0.3 is 0 Å². The first-order valence-corrected chi connectivity index (χ1v) is 16.6. The van der Waals surface area contributed by atoms with Crippen molar-refractivity contribution in [1.29, 1.82) is 0 Å². The maximum atomic E-state index is 4.57. The molecule has 7 rings (SSSR count). The third-order valence-corrected chi connectivity index (χ3v) is 9.05. The van der Waals surface area contributed by atoms with Crippen LogP contribution in [0.5, 0.6) is 0 Å². The first-order chi connectivity index (χ1) is 23.3. The highest BCUT2D eigenvalue weighted by atomic mass is 15.5. The molecule has 0 unspecified atom stereocenters. The van der Waals surface area contributed by atoms with E-state index in [4.69, 9.17) is 0 Å². The molecule has 0 aliphatic heterocycles. The Morgan fingerprint density at radius 2 is 0.604 bits per heavy atom. The molecule has 9 nitrogen and oxygen atoms in total. The summed E-state index contributed by atoms with van der Waals surface area (Å²) in [5.74, 6) is 0. The molecule has 4 aromatic carbocycles. The van der Waals surface area contributed by atoms with Crippen molar-refractivity contribution < 1.29 is 14.0 Å². The molecule has 3 heterocycles. The van der Waals surface area contributed by atoms with Crippen LogP contribution in [0.2, 0.25) is 0 Å². The Morgan fingerprint density at radius 1 is 0.375 bits per heavy atom. The van der Waals surface area contributed by atoms with Crippen LogP contribution in [0, 0.1) is 0 Å². The van der Waals surface area contributed by atoms with Crippen molar-refractivity contribution in [3.8, 4) is 67.2 Å². The van der Waals surface area contributed by atoms with Crippen LogP contribution >= 0.6 is 0 Å². The summed E-state index contributed by atoms with van der Waals surface area (Å²) in [7, 11) is 5.98. The third kappa shape index (κ3) is 5.95. The zero-order chi connectivity index (χ0) is 33.4. The number of nitrogens with zero attached hydrogens (tertiary/aromatic N) is 9. The molecule has 0 bridgehead atoms. The SMILES string of the molecule is CCn1cc(-c2ccc(-c3cc(-c4ccc(-c5cn(CC)n[n+]5C)cc4)cc(-c4ccc(-c5cn(CC)n[n+]5C)cc4)c3)cc2)[n+](C)n1. The number of rotatable bonds is 9. The lowest BCUT2D eigenvalue weighted by Gasteiger charge is -2.12. The van der Waals surface area contributed by atoms with Crippen LogP contribution in [0.1, 0.15) is 20.8 Å². The van der Waals surface area contributed by atoms with Gasteiger partial charge in [0, 0.05) is 16.7 Å². The molecule has 0 fully saturated rings. The van der Waals surface area contributed by atoms with E-state index in [1.165, 1.54) is 33.4 Å². The van der Waals surface area contributed by atoms with Gasteiger partial charge >= 0.3 is 0 Å². The average Bonchev–Trinajstić information content (AvgIpc) is 3.83. The van der Waals surface area contributed by atoms with E-state index >= 15 is 0 Å². The number of benzene rings is 4. The van der Waals surface area contributed by atoms with Crippen LogP contribution in [-0.2, 0) is 40.8 Å². The lowest BCUT2D eigenvalue weighted by Crippen LogP contribution is -2.33. The average molecular weight is 637 g/mol. The van der Waals surface area contributed by atoms with Crippen molar-refractivity contribution in [2.24, 2.45) is 21.1 Å². The van der Waals surface area contributed by atoms with Gasteiger partial charge in [-0.25, -0.2) is 0 Å². The molecule has 0 saturated heterocycles. The van der Waals surface area contributed by atoms with E-state index in [2.05, 4.69) is 146 Å². The quantitative estimate of drug-likeness (QED) is 0.188. The molecule has 0 atom stereocenters. The Kier molecular flexibility index (Phi) is 8.27. The van der Waals surface area contributed by atoms with Crippen molar-refractivity contribution in [2.75, 3.05) is 0 Å². The number of hydrogen-bond donors (Lipinski definition) is 0. The second-order valence-corrected chi connectivity index (χ2v) is 12.2. The van der Waals surface area contributed by atoms with Gasteiger partial charge in [0.1, 0.15) is 40.8 Å². The van der Waals surface area contributed by atoms with E-state index in [1.54, 1.807) is 0 Å². The molecular formula is C39H42N9+3. The van der Waals surface area contributed by atoms with Crippen LogP contribution in [0.15, 0.2) is 110 Å². The minimum Gasteiger partial charge on any atom is -0.137 e. The van der Waals surface area contributed by atoms with Gasteiger partial charge in [-0.05, 0) is 109 Å². The number of aromatic nitrogens is 9. The summed E-state index contributed by atoms with van der Waals surface area (Å²) in [5, 5.41) is 13.7. The topological polar surface area (TPSA) is 65.1 Å². The Bertz CT molecular complexity index is 1940. The van der Waals surface area contributed by atoms with Crippen LogP contribution in [0.3, 0.4) is 0 Å². The van der Waals surface area contributed by atoms with Crippen molar-refractivity contribution in [3.63, 3.8) is 0 Å². The van der Waals surface area contributed by atoms with Crippen molar-refractivity contribution in [3.05, 3.63) is 110 Å². The highest BCUT2D eigenvalue weighted by molar-refractivity contribution is 5.82. The van der Waals surface area contributed by atoms with Gasteiger partial charge in [-0.1, -0.05) is 36.4 Å². The lowest BCUT2D eigenvalue weighted by atomic mass is 9.92. The lowest BCUT2D eigenvalue weighted by molar-refractivity contribution is -0.722. The van der Waals surface area contributed by atoms with Gasteiger partial charge in [-0.3, -0.25) is 0 Å². The van der Waals surface area contributed by atoms with Gasteiger partial charge in [-0.2, -0.15) is 0 Å². The van der Waals surface area contributed by atoms with E-state index in [0.717, 1.165) is 53.4 Å². The molecule has 240 valence electrons. The van der Waals surface area contributed by atoms with Crippen molar-refractivity contribution in [1.82, 2.24) is 29.7 Å². The first-order valence-electron chi connectivity index (χ1n) is 16.6. The maximum Gasteiger partial charge on any atom is 0.197 e. The Hall–Kier alpha value is -5.70. The normalized spacial score (nSPS) is 11.4. The molecule has 0 spiro atoms.